The molecule has 0 unspecified atom stereocenters. The highest BCUT2D eigenvalue weighted by molar-refractivity contribution is 5.87. The Bertz CT molecular complexity index is 486. The van der Waals surface area contributed by atoms with E-state index in [1.165, 1.54) is 18.2 Å². The molecule has 0 heterocycles. The molecule has 1 aromatic rings. The third kappa shape index (κ3) is 3.69. The third-order valence-electron chi connectivity index (χ3n) is 3.19. The number of para-hydroxylation sites is 1. The SMILES string of the molecule is CCC(CC)(NC(=O)COc1ccccc1F)C(=O)O. The molecular formula is C14H18FNO4. The van der Waals surface area contributed by atoms with Gasteiger partial charge < -0.3 is 15.2 Å². The highest BCUT2D eigenvalue weighted by atomic mass is 19.1. The van der Waals surface area contributed by atoms with E-state index in [0.29, 0.717) is 0 Å². The van der Waals surface area contributed by atoms with Gasteiger partial charge in [0.2, 0.25) is 0 Å². The number of carbonyl (C=O) groups is 2. The van der Waals surface area contributed by atoms with Crippen molar-refractivity contribution >= 4 is 11.9 Å². The first-order valence-corrected chi connectivity index (χ1v) is 6.37. The van der Waals surface area contributed by atoms with Gasteiger partial charge >= 0.3 is 5.97 Å². The lowest BCUT2D eigenvalue weighted by Crippen LogP contribution is -2.54. The van der Waals surface area contributed by atoms with Crippen LogP contribution in [-0.2, 0) is 9.59 Å². The van der Waals surface area contributed by atoms with Gasteiger partial charge in [-0.15, -0.1) is 0 Å². The molecule has 110 valence electrons. The molecular weight excluding hydrogens is 265 g/mol. The van der Waals surface area contributed by atoms with Gasteiger partial charge in [-0.2, -0.15) is 0 Å². The van der Waals surface area contributed by atoms with Crippen LogP contribution in [-0.4, -0.2) is 29.1 Å². The molecule has 0 atom stereocenters. The number of aliphatic carboxylic acids is 1. The van der Waals surface area contributed by atoms with E-state index < -0.39 is 29.8 Å². The number of hydrogen-bond donors (Lipinski definition) is 2. The van der Waals surface area contributed by atoms with Gasteiger partial charge in [0.05, 0.1) is 0 Å². The molecule has 0 saturated heterocycles. The van der Waals surface area contributed by atoms with E-state index in [0.717, 1.165) is 0 Å². The summed E-state index contributed by atoms with van der Waals surface area (Å²) < 4.78 is 18.3. The van der Waals surface area contributed by atoms with Crippen LogP contribution in [0.5, 0.6) is 5.75 Å². The van der Waals surface area contributed by atoms with E-state index >= 15 is 0 Å². The molecule has 2 N–H and O–H groups in total. The predicted molar refractivity (Wildman–Crippen MR) is 71.0 cm³/mol. The van der Waals surface area contributed by atoms with Crippen LogP contribution in [0.15, 0.2) is 24.3 Å². The van der Waals surface area contributed by atoms with Crippen molar-refractivity contribution in [3.05, 3.63) is 30.1 Å². The molecule has 0 radical (unpaired) electrons. The van der Waals surface area contributed by atoms with Crippen LogP contribution in [0.1, 0.15) is 26.7 Å². The van der Waals surface area contributed by atoms with Gasteiger partial charge in [-0.3, -0.25) is 4.79 Å². The number of carbonyl (C=O) groups excluding carboxylic acids is 1. The number of carboxylic acid groups (broad SMARTS) is 1. The summed E-state index contributed by atoms with van der Waals surface area (Å²) in [6, 6.07) is 5.70. The molecule has 0 bridgehead atoms. The Morgan fingerprint density at radius 3 is 2.40 bits per heavy atom. The molecule has 0 saturated carbocycles. The number of benzene rings is 1. The van der Waals surface area contributed by atoms with E-state index in [4.69, 9.17) is 4.74 Å². The Balaban J connectivity index is 2.64. The molecule has 6 heteroatoms. The fraction of sp³-hybridized carbons (Fsp3) is 0.429. The number of halogens is 1. The van der Waals surface area contributed by atoms with Crippen LogP contribution in [0.25, 0.3) is 0 Å². The van der Waals surface area contributed by atoms with E-state index in [9.17, 15) is 19.1 Å². The Kier molecular flexibility index (Phi) is 5.49. The maximum absolute atomic E-state index is 13.3. The first kappa shape index (κ1) is 15.9. The molecule has 0 aliphatic carbocycles. The Morgan fingerprint density at radius 1 is 1.30 bits per heavy atom. The lowest BCUT2D eigenvalue weighted by molar-refractivity contribution is -0.148. The molecule has 20 heavy (non-hydrogen) atoms. The zero-order chi connectivity index (χ0) is 15.2. The van der Waals surface area contributed by atoms with Gasteiger partial charge in [0.15, 0.2) is 18.2 Å². The van der Waals surface area contributed by atoms with Crippen molar-refractivity contribution in [2.45, 2.75) is 32.2 Å². The molecule has 1 amide bonds. The summed E-state index contributed by atoms with van der Waals surface area (Å²) in [5.74, 6) is -2.31. The Labute approximate surface area is 116 Å². The molecule has 0 aliphatic rings. The summed E-state index contributed by atoms with van der Waals surface area (Å²) in [5.41, 5.74) is -1.31. The highest BCUT2D eigenvalue weighted by Gasteiger charge is 2.36. The minimum atomic E-state index is -1.31. The Morgan fingerprint density at radius 2 is 1.90 bits per heavy atom. The van der Waals surface area contributed by atoms with Gasteiger partial charge in [0.25, 0.3) is 5.91 Å². The van der Waals surface area contributed by atoms with Gasteiger partial charge in [0.1, 0.15) is 5.54 Å². The second-order valence-corrected chi connectivity index (χ2v) is 4.36. The van der Waals surface area contributed by atoms with Gasteiger partial charge in [0, 0.05) is 0 Å². The zero-order valence-corrected chi connectivity index (χ0v) is 11.5. The predicted octanol–water partition coefficient (Wildman–Crippen LogP) is 1.96. The number of ether oxygens (including phenoxy) is 1. The van der Waals surface area contributed by atoms with Gasteiger partial charge in [-0.05, 0) is 25.0 Å². The normalized spacial score (nSPS) is 10.9. The summed E-state index contributed by atoms with van der Waals surface area (Å²) in [5, 5.41) is 11.6. The molecule has 0 spiro atoms. The number of hydrogen-bond acceptors (Lipinski definition) is 3. The molecule has 0 aliphatic heterocycles. The van der Waals surface area contributed by atoms with Crippen molar-refractivity contribution < 1.29 is 23.8 Å². The molecule has 1 aromatic carbocycles. The van der Waals surface area contributed by atoms with Crippen molar-refractivity contribution in [3.8, 4) is 5.75 Å². The minimum absolute atomic E-state index is 0.0448. The lowest BCUT2D eigenvalue weighted by Gasteiger charge is -2.27. The fourth-order valence-corrected chi connectivity index (χ4v) is 1.79. The van der Waals surface area contributed by atoms with Crippen molar-refractivity contribution in [1.82, 2.24) is 5.32 Å². The quantitative estimate of drug-likeness (QED) is 0.802. The second kappa shape index (κ2) is 6.88. The Hall–Kier alpha value is -2.11. The summed E-state index contributed by atoms with van der Waals surface area (Å²) >= 11 is 0. The second-order valence-electron chi connectivity index (χ2n) is 4.36. The van der Waals surface area contributed by atoms with E-state index in [2.05, 4.69) is 5.32 Å². The molecule has 5 nitrogen and oxygen atoms in total. The number of carboxylic acids is 1. The van der Waals surface area contributed by atoms with Gasteiger partial charge in [-0.1, -0.05) is 26.0 Å². The summed E-state index contributed by atoms with van der Waals surface area (Å²) in [6.07, 6.45) is 0.508. The molecule has 0 aromatic heterocycles. The lowest BCUT2D eigenvalue weighted by atomic mass is 9.93. The maximum Gasteiger partial charge on any atom is 0.329 e. The van der Waals surface area contributed by atoms with E-state index in [1.807, 2.05) is 0 Å². The highest BCUT2D eigenvalue weighted by Crippen LogP contribution is 2.17. The van der Waals surface area contributed by atoms with Crippen molar-refractivity contribution in [1.29, 1.82) is 0 Å². The maximum atomic E-state index is 13.3. The van der Waals surface area contributed by atoms with Crippen LogP contribution in [0, 0.1) is 5.82 Å². The monoisotopic (exact) mass is 283 g/mol. The summed E-state index contributed by atoms with van der Waals surface area (Å²) in [6.45, 7) is 2.92. The van der Waals surface area contributed by atoms with Crippen LogP contribution >= 0.6 is 0 Å². The fourth-order valence-electron chi connectivity index (χ4n) is 1.79. The minimum Gasteiger partial charge on any atom is -0.481 e. The third-order valence-corrected chi connectivity index (χ3v) is 3.19. The van der Waals surface area contributed by atoms with Crippen molar-refractivity contribution in [2.75, 3.05) is 6.61 Å². The molecule has 1 rings (SSSR count). The van der Waals surface area contributed by atoms with E-state index in [1.54, 1.807) is 19.9 Å². The standard InChI is InChI=1S/C14H18FNO4/c1-3-14(4-2,13(18)19)16-12(17)9-20-11-8-6-5-7-10(11)15/h5-8H,3-4,9H2,1-2H3,(H,16,17)(H,18,19). The van der Waals surface area contributed by atoms with Crippen molar-refractivity contribution in [2.24, 2.45) is 0 Å². The average molecular weight is 283 g/mol. The summed E-state index contributed by atoms with van der Waals surface area (Å²) in [4.78, 5) is 23.0. The van der Waals surface area contributed by atoms with Crippen molar-refractivity contribution in [3.63, 3.8) is 0 Å². The van der Waals surface area contributed by atoms with Crippen LogP contribution in [0.4, 0.5) is 4.39 Å². The van der Waals surface area contributed by atoms with Crippen LogP contribution < -0.4 is 10.1 Å². The van der Waals surface area contributed by atoms with E-state index in [-0.39, 0.29) is 18.6 Å². The first-order chi connectivity index (χ1) is 9.45. The first-order valence-electron chi connectivity index (χ1n) is 6.37. The van der Waals surface area contributed by atoms with Crippen LogP contribution in [0.3, 0.4) is 0 Å². The largest absolute Gasteiger partial charge is 0.481 e. The average Bonchev–Trinajstić information content (AvgIpc) is 2.43. The smallest absolute Gasteiger partial charge is 0.329 e. The topological polar surface area (TPSA) is 75.6 Å². The summed E-state index contributed by atoms with van der Waals surface area (Å²) in [7, 11) is 0. The number of nitrogens with one attached hydrogen (secondary N) is 1. The van der Waals surface area contributed by atoms with Gasteiger partial charge in [-0.25, -0.2) is 9.18 Å². The molecule has 0 fully saturated rings. The number of rotatable bonds is 7. The number of amides is 1. The zero-order valence-electron chi connectivity index (χ0n) is 11.5. The van der Waals surface area contributed by atoms with Crippen LogP contribution in [0.2, 0.25) is 0 Å².